The van der Waals surface area contributed by atoms with Gasteiger partial charge in [-0.25, -0.2) is 0 Å². The van der Waals surface area contributed by atoms with E-state index in [0.717, 1.165) is 11.4 Å². The smallest absolute Gasteiger partial charge is 0.243 e. The third kappa shape index (κ3) is 5.12. The van der Waals surface area contributed by atoms with Crippen LogP contribution in [0.4, 0.5) is 11.4 Å². The molecule has 2 rings (SSSR count). The summed E-state index contributed by atoms with van der Waals surface area (Å²) in [6.07, 6.45) is 0. The van der Waals surface area contributed by atoms with Crippen molar-refractivity contribution in [2.45, 2.75) is 46.0 Å². The minimum Gasteiger partial charge on any atom is -0.376 e. The van der Waals surface area contributed by atoms with E-state index >= 15 is 0 Å². The minimum atomic E-state index is -0.0496. The number of anilines is 2. The van der Waals surface area contributed by atoms with Crippen LogP contribution in [-0.4, -0.2) is 12.5 Å². The van der Waals surface area contributed by atoms with Crippen LogP contribution in [0.2, 0.25) is 0 Å². The van der Waals surface area contributed by atoms with E-state index in [0.29, 0.717) is 5.92 Å². The predicted molar refractivity (Wildman–Crippen MR) is 103 cm³/mol. The Balaban J connectivity index is 1.87. The Morgan fingerprint density at radius 1 is 0.917 bits per heavy atom. The molecule has 0 spiro atoms. The Labute approximate surface area is 145 Å². The maximum Gasteiger partial charge on any atom is 0.243 e. The summed E-state index contributed by atoms with van der Waals surface area (Å²) >= 11 is 0. The van der Waals surface area contributed by atoms with Crippen molar-refractivity contribution in [3.8, 4) is 0 Å². The lowest BCUT2D eigenvalue weighted by atomic mass is 9.87. The summed E-state index contributed by atoms with van der Waals surface area (Å²) in [6, 6.07) is 16.3. The Hall–Kier alpha value is -2.29. The van der Waals surface area contributed by atoms with E-state index in [-0.39, 0.29) is 17.9 Å². The highest BCUT2D eigenvalue weighted by Crippen LogP contribution is 2.23. The molecular formula is C21H28N2O. The van der Waals surface area contributed by atoms with E-state index in [1.165, 1.54) is 11.1 Å². The topological polar surface area (TPSA) is 41.1 Å². The number of hydrogen-bond acceptors (Lipinski definition) is 2. The number of nitrogens with one attached hydrogen (secondary N) is 2. The van der Waals surface area contributed by atoms with Gasteiger partial charge in [0.1, 0.15) is 0 Å². The fourth-order valence-electron chi connectivity index (χ4n) is 2.43. The molecule has 0 atom stereocenters. The highest BCUT2D eigenvalue weighted by atomic mass is 16.1. The number of benzene rings is 2. The number of hydrogen-bond donors (Lipinski definition) is 2. The van der Waals surface area contributed by atoms with Crippen molar-refractivity contribution in [1.29, 1.82) is 0 Å². The van der Waals surface area contributed by atoms with Gasteiger partial charge in [0.25, 0.3) is 0 Å². The van der Waals surface area contributed by atoms with Gasteiger partial charge in [-0.1, -0.05) is 58.9 Å². The summed E-state index contributed by atoms with van der Waals surface area (Å²) in [5.41, 5.74) is 4.45. The molecule has 0 aromatic heterocycles. The molecule has 3 heteroatoms. The van der Waals surface area contributed by atoms with Crippen molar-refractivity contribution in [2.24, 2.45) is 0 Å². The van der Waals surface area contributed by atoms with Gasteiger partial charge >= 0.3 is 0 Å². The molecule has 2 aromatic rings. The lowest BCUT2D eigenvalue weighted by Gasteiger charge is -2.19. The zero-order chi connectivity index (χ0) is 17.7. The number of rotatable bonds is 5. The molecule has 0 heterocycles. The molecule has 0 aliphatic rings. The van der Waals surface area contributed by atoms with Crippen molar-refractivity contribution in [3.05, 3.63) is 59.7 Å². The lowest BCUT2D eigenvalue weighted by Crippen LogP contribution is -2.21. The summed E-state index contributed by atoms with van der Waals surface area (Å²) in [6.45, 7) is 11.1. The van der Waals surface area contributed by atoms with Gasteiger partial charge < -0.3 is 10.6 Å². The largest absolute Gasteiger partial charge is 0.376 e. The molecule has 0 radical (unpaired) electrons. The fourth-order valence-corrected chi connectivity index (χ4v) is 2.43. The number of carbonyl (C=O) groups excluding carboxylic acids is 1. The van der Waals surface area contributed by atoms with Crippen LogP contribution in [0, 0.1) is 0 Å². The molecule has 1 amide bonds. The van der Waals surface area contributed by atoms with Crippen molar-refractivity contribution >= 4 is 17.3 Å². The van der Waals surface area contributed by atoms with Gasteiger partial charge in [0, 0.05) is 11.4 Å². The molecule has 3 nitrogen and oxygen atoms in total. The molecule has 0 bridgehead atoms. The normalized spacial score (nSPS) is 11.4. The average Bonchev–Trinajstić information content (AvgIpc) is 2.53. The molecule has 2 aromatic carbocycles. The summed E-state index contributed by atoms with van der Waals surface area (Å²) in [7, 11) is 0. The molecule has 24 heavy (non-hydrogen) atoms. The Kier molecular flexibility index (Phi) is 5.66. The number of amides is 1. The van der Waals surface area contributed by atoms with Gasteiger partial charge in [-0.2, -0.15) is 0 Å². The maximum atomic E-state index is 12.1. The fraction of sp³-hybridized carbons (Fsp3) is 0.381. The molecule has 2 N–H and O–H groups in total. The zero-order valence-corrected chi connectivity index (χ0v) is 15.3. The van der Waals surface area contributed by atoms with Crippen LogP contribution in [0.3, 0.4) is 0 Å². The molecule has 0 unspecified atom stereocenters. The lowest BCUT2D eigenvalue weighted by molar-refractivity contribution is -0.114. The van der Waals surface area contributed by atoms with E-state index in [2.05, 4.69) is 69.5 Å². The third-order valence-corrected chi connectivity index (χ3v) is 4.07. The summed E-state index contributed by atoms with van der Waals surface area (Å²) in [4.78, 5) is 12.1. The summed E-state index contributed by atoms with van der Waals surface area (Å²) < 4.78 is 0. The monoisotopic (exact) mass is 324 g/mol. The molecule has 0 fully saturated rings. The van der Waals surface area contributed by atoms with Gasteiger partial charge in [-0.3, -0.25) is 4.79 Å². The van der Waals surface area contributed by atoms with E-state index in [4.69, 9.17) is 0 Å². The molecule has 0 saturated heterocycles. The average molecular weight is 324 g/mol. The first kappa shape index (κ1) is 18.1. The van der Waals surface area contributed by atoms with Crippen molar-refractivity contribution in [1.82, 2.24) is 0 Å². The van der Waals surface area contributed by atoms with Crippen LogP contribution in [0.5, 0.6) is 0 Å². The van der Waals surface area contributed by atoms with Crippen LogP contribution in [0.15, 0.2) is 48.5 Å². The first-order valence-electron chi connectivity index (χ1n) is 8.50. The van der Waals surface area contributed by atoms with Gasteiger partial charge in [0.05, 0.1) is 6.54 Å². The highest BCUT2D eigenvalue weighted by molar-refractivity contribution is 5.93. The van der Waals surface area contributed by atoms with Gasteiger partial charge in [0.15, 0.2) is 0 Å². The van der Waals surface area contributed by atoms with Gasteiger partial charge in [-0.15, -0.1) is 0 Å². The third-order valence-electron chi connectivity index (χ3n) is 4.07. The van der Waals surface area contributed by atoms with Crippen LogP contribution < -0.4 is 10.6 Å². The quantitative estimate of drug-likeness (QED) is 0.798. The zero-order valence-electron chi connectivity index (χ0n) is 15.3. The van der Waals surface area contributed by atoms with Crippen LogP contribution in [0.1, 0.15) is 51.7 Å². The standard InChI is InChI=1S/C21H28N2O/c1-15(2)16-6-10-18(11-7-16)22-14-20(24)23-19-12-8-17(9-13-19)21(3,4)5/h6-13,15,22H,14H2,1-5H3,(H,23,24). The molecule has 0 aliphatic heterocycles. The Morgan fingerprint density at radius 3 is 1.96 bits per heavy atom. The van der Waals surface area contributed by atoms with E-state index in [9.17, 15) is 4.79 Å². The first-order valence-corrected chi connectivity index (χ1v) is 8.50. The number of carbonyl (C=O) groups is 1. The second-order valence-electron chi connectivity index (χ2n) is 7.51. The van der Waals surface area contributed by atoms with E-state index in [1.54, 1.807) is 0 Å². The Bertz CT molecular complexity index is 664. The molecule has 0 saturated carbocycles. The molecule has 0 aliphatic carbocycles. The molecule has 128 valence electrons. The maximum absolute atomic E-state index is 12.1. The summed E-state index contributed by atoms with van der Waals surface area (Å²) in [5, 5.41) is 6.07. The van der Waals surface area contributed by atoms with Crippen LogP contribution in [0.25, 0.3) is 0 Å². The molecular weight excluding hydrogens is 296 g/mol. The van der Waals surface area contributed by atoms with Gasteiger partial charge in [0.2, 0.25) is 5.91 Å². The van der Waals surface area contributed by atoms with E-state index < -0.39 is 0 Å². The summed E-state index contributed by atoms with van der Waals surface area (Å²) in [5.74, 6) is 0.463. The first-order chi connectivity index (χ1) is 11.3. The Morgan fingerprint density at radius 2 is 1.46 bits per heavy atom. The van der Waals surface area contributed by atoms with Crippen molar-refractivity contribution in [2.75, 3.05) is 17.2 Å². The van der Waals surface area contributed by atoms with E-state index in [1.807, 2.05) is 24.3 Å². The van der Waals surface area contributed by atoms with Crippen molar-refractivity contribution < 1.29 is 4.79 Å². The predicted octanol–water partition coefficient (Wildman–Crippen LogP) is 5.16. The van der Waals surface area contributed by atoms with Crippen molar-refractivity contribution in [3.63, 3.8) is 0 Å². The van der Waals surface area contributed by atoms with Crippen LogP contribution >= 0.6 is 0 Å². The minimum absolute atomic E-state index is 0.0496. The second kappa shape index (κ2) is 7.52. The second-order valence-corrected chi connectivity index (χ2v) is 7.51. The van der Waals surface area contributed by atoms with Crippen LogP contribution in [-0.2, 0) is 10.2 Å². The SMILES string of the molecule is CC(C)c1ccc(NCC(=O)Nc2ccc(C(C)(C)C)cc2)cc1. The van der Waals surface area contributed by atoms with Gasteiger partial charge in [-0.05, 0) is 46.7 Å². The highest BCUT2D eigenvalue weighted by Gasteiger charge is 2.13.